The van der Waals surface area contributed by atoms with E-state index < -0.39 is 0 Å². The average molecular weight is 219 g/mol. The van der Waals surface area contributed by atoms with Gasteiger partial charge < -0.3 is 9.47 Å². The number of rotatable bonds is 4. The zero-order valence-corrected chi connectivity index (χ0v) is 9.25. The fourth-order valence-electron chi connectivity index (χ4n) is 1.37. The van der Waals surface area contributed by atoms with Crippen LogP contribution in [-0.2, 0) is 0 Å². The van der Waals surface area contributed by atoms with Crippen molar-refractivity contribution >= 4 is 0 Å². The van der Waals surface area contributed by atoms with E-state index in [1.807, 2.05) is 31.2 Å². The summed E-state index contributed by atoms with van der Waals surface area (Å²) in [5.41, 5.74) is 0.891. The maximum atomic E-state index is 5.39. The Morgan fingerprint density at radius 1 is 1.25 bits per heavy atom. The third-order valence-electron chi connectivity index (χ3n) is 2.13. The molecule has 0 aliphatic carbocycles. The lowest BCUT2D eigenvalue weighted by atomic mass is 10.3. The van der Waals surface area contributed by atoms with Crippen LogP contribution in [0.2, 0.25) is 0 Å². The van der Waals surface area contributed by atoms with Gasteiger partial charge in [-0.3, -0.25) is 0 Å². The quantitative estimate of drug-likeness (QED) is 0.784. The normalized spacial score (nSPS) is 10.1. The van der Waals surface area contributed by atoms with Gasteiger partial charge in [0.25, 0.3) is 0 Å². The van der Waals surface area contributed by atoms with Gasteiger partial charge in [-0.05, 0) is 31.2 Å². The lowest BCUT2D eigenvalue weighted by Gasteiger charge is -2.06. The summed E-state index contributed by atoms with van der Waals surface area (Å²) in [5, 5.41) is 7.78. The molecule has 0 spiro atoms. The van der Waals surface area contributed by atoms with E-state index in [2.05, 4.69) is 10.3 Å². The van der Waals surface area contributed by atoms with E-state index in [1.54, 1.807) is 18.0 Å². The minimum Gasteiger partial charge on any atom is -0.497 e. The summed E-state index contributed by atoms with van der Waals surface area (Å²) < 4.78 is 12.1. The second-order valence-corrected chi connectivity index (χ2v) is 3.12. The van der Waals surface area contributed by atoms with Gasteiger partial charge in [0, 0.05) is 0 Å². The van der Waals surface area contributed by atoms with Crippen molar-refractivity contribution in [3.8, 4) is 17.3 Å². The summed E-state index contributed by atoms with van der Waals surface area (Å²) in [6.07, 6.45) is 1.59. The van der Waals surface area contributed by atoms with Crippen molar-refractivity contribution in [1.82, 2.24) is 15.0 Å². The molecule has 0 fully saturated rings. The number of benzene rings is 1. The Labute approximate surface area is 93.6 Å². The minimum absolute atomic E-state index is 0.587. The lowest BCUT2D eigenvalue weighted by Crippen LogP contribution is -2.02. The van der Waals surface area contributed by atoms with Crippen LogP contribution >= 0.6 is 0 Å². The number of ether oxygens (including phenoxy) is 2. The van der Waals surface area contributed by atoms with Crippen molar-refractivity contribution < 1.29 is 9.47 Å². The molecule has 0 aliphatic rings. The Balaban J connectivity index is 2.31. The predicted octanol–water partition coefficient (Wildman–Crippen LogP) is 1.67. The molecule has 16 heavy (non-hydrogen) atoms. The zero-order valence-electron chi connectivity index (χ0n) is 9.25. The molecule has 0 bridgehead atoms. The van der Waals surface area contributed by atoms with Crippen LogP contribution in [0.3, 0.4) is 0 Å². The van der Waals surface area contributed by atoms with E-state index >= 15 is 0 Å². The molecule has 0 N–H and O–H groups in total. The Morgan fingerprint density at radius 2 is 2.00 bits per heavy atom. The zero-order chi connectivity index (χ0) is 11.4. The summed E-state index contributed by atoms with van der Waals surface area (Å²) >= 11 is 0. The number of nitrogens with zero attached hydrogens (tertiary/aromatic N) is 3. The smallest absolute Gasteiger partial charge is 0.237 e. The topological polar surface area (TPSA) is 49.2 Å². The second-order valence-electron chi connectivity index (χ2n) is 3.12. The maximum Gasteiger partial charge on any atom is 0.237 e. The first-order valence-electron chi connectivity index (χ1n) is 5.03. The molecular weight excluding hydrogens is 206 g/mol. The first-order chi connectivity index (χ1) is 7.85. The summed E-state index contributed by atoms with van der Waals surface area (Å²) in [4.78, 5) is 0. The largest absolute Gasteiger partial charge is 0.497 e. The summed E-state index contributed by atoms with van der Waals surface area (Å²) in [5.74, 6) is 1.44. The fraction of sp³-hybridized carbons (Fsp3) is 0.273. The monoisotopic (exact) mass is 219 g/mol. The predicted molar refractivity (Wildman–Crippen MR) is 59.1 cm³/mol. The maximum absolute atomic E-state index is 5.39. The molecule has 2 aromatic rings. The van der Waals surface area contributed by atoms with Crippen LogP contribution in [0, 0.1) is 0 Å². The van der Waals surface area contributed by atoms with Gasteiger partial charge in [-0.25, -0.2) is 0 Å². The molecule has 0 aliphatic heterocycles. The molecule has 0 saturated carbocycles. The van der Waals surface area contributed by atoms with E-state index in [9.17, 15) is 0 Å². The van der Waals surface area contributed by atoms with Gasteiger partial charge in [0.15, 0.2) is 0 Å². The third kappa shape index (κ3) is 1.98. The van der Waals surface area contributed by atoms with Crippen molar-refractivity contribution in [3.63, 3.8) is 0 Å². The van der Waals surface area contributed by atoms with Gasteiger partial charge in [0.1, 0.15) is 11.9 Å². The van der Waals surface area contributed by atoms with Gasteiger partial charge in [-0.15, -0.1) is 5.10 Å². The molecule has 5 nitrogen and oxygen atoms in total. The highest BCUT2D eigenvalue weighted by Crippen LogP contribution is 2.18. The first-order valence-corrected chi connectivity index (χ1v) is 5.03. The van der Waals surface area contributed by atoms with Crippen molar-refractivity contribution in [3.05, 3.63) is 30.5 Å². The molecule has 0 unspecified atom stereocenters. The van der Waals surface area contributed by atoms with E-state index in [4.69, 9.17) is 9.47 Å². The van der Waals surface area contributed by atoms with Gasteiger partial charge >= 0.3 is 0 Å². The van der Waals surface area contributed by atoms with Crippen molar-refractivity contribution in [2.24, 2.45) is 0 Å². The first kappa shape index (κ1) is 10.5. The number of hydrogen-bond acceptors (Lipinski definition) is 4. The van der Waals surface area contributed by atoms with E-state index in [1.165, 1.54) is 0 Å². The molecule has 5 heteroatoms. The number of methoxy groups -OCH3 is 1. The standard InChI is InChI=1S/C11H13N3O2/c1-3-16-11-8-12-13-14(11)9-4-6-10(15-2)7-5-9/h4-8H,3H2,1-2H3. The molecule has 0 saturated heterocycles. The average Bonchev–Trinajstić information content (AvgIpc) is 2.78. The van der Waals surface area contributed by atoms with Gasteiger partial charge in [0.2, 0.25) is 5.88 Å². The molecule has 2 rings (SSSR count). The second kappa shape index (κ2) is 4.65. The van der Waals surface area contributed by atoms with E-state index in [0.717, 1.165) is 11.4 Å². The molecule has 1 aromatic heterocycles. The Bertz CT molecular complexity index is 451. The van der Waals surface area contributed by atoms with E-state index in [-0.39, 0.29) is 0 Å². The summed E-state index contributed by atoms with van der Waals surface area (Å²) in [6.45, 7) is 2.51. The molecule has 0 radical (unpaired) electrons. The minimum atomic E-state index is 0.587. The molecule has 1 heterocycles. The molecule has 1 aromatic carbocycles. The van der Waals surface area contributed by atoms with Crippen LogP contribution in [0.5, 0.6) is 11.6 Å². The van der Waals surface area contributed by atoms with Crippen molar-refractivity contribution in [2.45, 2.75) is 6.92 Å². The SMILES string of the molecule is CCOc1cnnn1-c1ccc(OC)cc1. The number of aromatic nitrogens is 3. The Kier molecular flexibility index (Phi) is 3.05. The third-order valence-corrected chi connectivity index (χ3v) is 2.13. The molecule has 84 valence electrons. The molecule has 0 atom stereocenters. The van der Waals surface area contributed by atoms with Crippen LogP contribution in [0.4, 0.5) is 0 Å². The molecular formula is C11H13N3O2. The highest BCUT2D eigenvalue weighted by Gasteiger charge is 2.06. The summed E-state index contributed by atoms with van der Waals surface area (Å²) in [6, 6.07) is 7.53. The van der Waals surface area contributed by atoms with Crippen LogP contribution in [0.1, 0.15) is 6.92 Å². The van der Waals surface area contributed by atoms with Crippen molar-refractivity contribution in [1.29, 1.82) is 0 Å². The van der Waals surface area contributed by atoms with E-state index in [0.29, 0.717) is 12.5 Å². The highest BCUT2D eigenvalue weighted by atomic mass is 16.5. The van der Waals surface area contributed by atoms with Crippen molar-refractivity contribution in [2.75, 3.05) is 13.7 Å². The van der Waals surface area contributed by atoms with Crippen LogP contribution in [-0.4, -0.2) is 28.7 Å². The van der Waals surface area contributed by atoms with Crippen LogP contribution in [0.15, 0.2) is 30.5 Å². The van der Waals surface area contributed by atoms with Gasteiger partial charge in [0.05, 0.1) is 19.4 Å². The Hall–Kier alpha value is -2.04. The number of hydrogen-bond donors (Lipinski definition) is 0. The van der Waals surface area contributed by atoms with Gasteiger partial charge in [-0.2, -0.15) is 4.68 Å². The van der Waals surface area contributed by atoms with Crippen LogP contribution in [0.25, 0.3) is 5.69 Å². The Morgan fingerprint density at radius 3 is 2.62 bits per heavy atom. The molecule has 0 amide bonds. The van der Waals surface area contributed by atoms with Gasteiger partial charge in [-0.1, -0.05) is 5.21 Å². The lowest BCUT2D eigenvalue weighted by molar-refractivity contribution is 0.316. The highest BCUT2D eigenvalue weighted by molar-refractivity contribution is 5.38. The van der Waals surface area contributed by atoms with Crippen LogP contribution < -0.4 is 9.47 Å². The summed E-state index contributed by atoms with van der Waals surface area (Å²) in [7, 11) is 1.64. The fourth-order valence-corrected chi connectivity index (χ4v) is 1.37.